The van der Waals surface area contributed by atoms with Crippen molar-refractivity contribution in [2.45, 2.75) is 50.7 Å². The van der Waals surface area contributed by atoms with Gasteiger partial charge in [0.2, 0.25) is 11.8 Å². The molecule has 9 N–H and O–H groups in total. The molecule has 1 aromatic heterocycles. The van der Waals surface area contributed by atoms with E-state index in [1.54, 1.807) is 0 Å². The van der Waals surface area contributed by atoms with Crippen molar-refractivity contribution in [3.8, 4) is 0 Å². The summed E-state index contributed by atoms with van der Waals surface area (Å²) in [6, 6.07) is 1.61. The van der Waals surface area contributed by atoms with Crippen LogP contribution in [0, 0.1) is 12.3 Å². The second-order valence-corrected chi connectivity index (χ2v) is 8.83. The minimum Gasteiger partial charge on any atom is -0.480 e. The molecule has 2 amide bonds. The molecule has 0 aliphatic carbocycles. The number of rotatable bonds is 12. The molecule has 1 aliphatic rings. The molecular weight excluding hydrogens is 420 g/mol. The maximum Gasteiger partial charge on any atom is 0.326 e. The summed E-state index contributed by atoms with van der Waals surface area (Å²) in [5.41, 5.74) is 12.3. The zero-order chi connectivity index (χ0) is 23.0. The van der Waals surface area contributed by atoms with Gasteiger partial charge in [-0.3, -0.25) is 15.0 Å². The molecule has 3 unspecified atom stereocenters. The number of aryl methyl sites for hydroxylation is 1. The molecule has 170 valence electrons. The molecule has 2 heterocycles. The van der Waals surface area contributed by atoms with Gasteiger partial charge in [-0.1, -0.05) is 6.08 Å². The third-order valence-corrected chi connectivity index (χ3v) is 5.90. The summed E-state index contributed by atoms with van der Waals surface area (Å²) < 4.78 is 0. The van der Waals surface area contributed by atoms with Crippen molar-refractivity contribution < 1.29 is 19.5 Å². The zero-order valence-corrected chi connectivity index (χ0v) is 18.3. The summed E-state index contributed by atoms with van der Waals surface area (Å²) in [6.45, 7) is 2.76. The molecule has 31 heavy (non-hydrogen) atoms. The van der Waals surface area contributed by atoms with Gasteiger partial charge in [0.25, 0.3) is 0 Å². The minimum absolute atomic E-state index is 0.0174. The Morgan fingerprint density at radius 1 is 1.35 bits per heavy atom. The van der Waals surface area contributed by atoms with Crippen LogP contribution in [-0.2, 0) is 20.8 Å². The number of nitrogens with one attached hydrogen (secondary N) is 4. The number of carbonyl (C=O) groups is 3. The molecule has 10 nitrogen and oxygen atoms in total. The summed E-state index contributed by atoms with van der Waals surface area (Å²) in [5.74, 6) is -1.84. The second kappa shape index (κ2) is 11.6. The van der Waals surface area contributed by atoms with E-state index < -0.39 is 18.1 Å². The maximum absolute atomic E-state index is 12.2. The number of amidine groups is 1. The van der Waals surface area contributed by atoms with Gasteiger partial charge in [-0.15, -0.1) is 11.3 Å². The average Bonchev–Trinajstić information content (AvgIpc) is 3.33. The topological polar surface area (TPSA) is 183 Å². The lowest BCUT2D eigenvalue weighted by Gasteiger charge is -2.18. The Morgan fingerprint density at radius 3 is 2.71 bits per heavy atom. The van der Waals surface area contributed by atoms with Crippen LogP contribution >= 0.6 is 11.3 Å². The van der Waals surface area contributed by atoms with Crippen LogP contribution in [0.4, 0.5) is 0 Å². The number of aliphatic carboxylic acids is 1. The van der Waals surface area contributed by atoms with Crippen molar-refractivity contribution in [1.29, 1.82) is 5.41 Å². The lowest BCUT2D eigenvalue weighted by atomic mass is 10.0. The highest BCUT2D eigenvalue weighted by molar-refractivity contribution is 7.11. The van der Waals surface area contributed by atoms with Crippen molar-refractivity contribution in [2.24, 2.45) is 11.5 Å². The monoisotopic (exact) mass is 450 g/mol. The summed E-state index contributed by atoms with van der Waals surface area (Å²) in [5, 5.41) is 25.2. The number of carboxylic acids is 1. The molecule has 0 spiro atoms. The molecule has 0 fully saturated rings. The molecule has 0 saturated carbocycles. The van der Waals surface area contributed by atoms with Gasteiger partial charge >= 0.3 is 5.97 Å². The molecular formula is C20H30N6O4S. The SMILES string of the molecule is Cc1ccc(CC(NC(=O)CCCNC(=O)C(N)CC2=CCNC2C(=N)N)C(=O)O)s1. The summed E-state index contributed by atoms with van der Waals surface area (Å²) >= 11 is 1.50. The van der Waals surface area contributed by atoms with Gasteiger partial charge in [-0.25, -0.2) is 4.79 Å². The predicted octanol–water partition coefficient (Wildman–Crippen LogP) is -0.384. The highest BCUT2D eigenvalue weighted by Crippen LogP contribution is 2.17. The molecule has 2 rings (SSSR count). The first-order chi connectivity index (χ1) is 14.7. The summed E-state index contributed by atoms with van der Waals surface area (Å²) in [4.78, 5) is 37.7. The molecule has 1 aromatic rings. The number of thiophene rings is 1. The normalized spacial score (nSPS) is 17.5. The third-order valence-electron chi connectivity index (χ3n) is 4.87. The zero-order valence-electron chi connectivity index (χ0n) is 17.4. The van der Waals surface area contributed by atoms with E-state index in [0.717, 1.165) is 15.3 Å². The van der Waals surface area contributed by atoms with Crippen LogP contribution in [0.3, 0.4) is 0 Å². The fourth-order valence-corrected chi connectivity index (χ4v) is 4.20. The van der Waals surface area contributed by atoms with E-state index in [1.165, 1.54) is 11.3 Å². The smallest absolute Gasteiger partial charge is 0.326 e. The maximum atomic E-state index is 12.2. The number of hydrogen-bond acceptors (Lipinski definition) is 7. The first-order valence-corrected chi connectivity index (χ1v) is 10.9. The number of nitrogens with two attached hydrogens (primary N) is 2. The van der Waals surface area contributed by atoms with Crippen molar-refractivity contribution in [1.82, 2.24) is 16.0 Å². The summed E-state index contributed by atoms with van der Waals surface area (Å²) in [6.07, 6.45) is 2.84. The molecule has 0 aromatic carbocycles. The lowest BCUT2D eigenvalue weighted by Crippen LogP contribution is -2.44. The number of carbonyl (C=O) groups excluding carboxylic acids is 2. The van der Waals surface area contributed by atoms with Crippen LogP contribution in [0.25, 0.3) is 0 Å². The Balaban J connectivity index is 1.69. The van der Waals surface area contributed by atoms with Gasteiger partial charge < -0.3 is 32.5 Å². The Morgan fingerprint density at radius 2 is 2.10 bits per heavy atom. The molecule has 0 bridgehead atoms. The number of carboxylic acid groups (broad SMARTS) is 1. The number of amides is 2. The van der Waals surface area contributed by atoms with Gasteiger partial charge in [0.15, 0.2) is 0 Å². The van der Waals surface area contributed by atoms with Crippen molar-refractivity contribution >= 4 is 35.0 Å². The van der Waals surface area contributed by atoms with E-state index in [9.17, 15) is 19.5 Å². The van der Waals surface area contributed by atoms with E-state index in [-0.39, 0.29) is 49.5 Å². The Hall–Kier alpha value is -2.76. The Labute approximate surface area is 185 Å². The molecule has 1 aliphatic heterocycles. The van der Waals surface area contributed by atoms with E-state index in [4.69, 9.17) is 16.9 Å². The first-order valence-electron chi connectivity index (χ1n) is 10.0. The van der Waals surface area contributed by atoms with Gasteiger partial charge in [-0.2, -0.15) is 0 Å². The van der Waals surface area contributed by atoms with Crippen LogP contribution in [-0.4, -0.2) is 59.9 Å². The van der Waals surface area contributed by atoms with Crippen LogP contribution in [0.2, 0.25) is 0 Å². The fraction of sp³-hybridized carbons (Fsp3) is 0.500. The Bertz CT molecular complexity index is 852. The fourth-order valence-electron chi connectivity index (χ4n) is 3.27. The highest BCUT2D eigenvalue weighted by atomic mass is 32.1. The van der Waals surface area contributed by atoms with Crippen LogP contribution in [0.1, 0.15) is 29.0 Å². The average molecular weight is 451 g/mol. The van der Waals surface area contributed by atoms with Crippen LogP contribution < -0.4 is 27.4 Å². The van der Waals surface area contributed by atoms with Crippen molar-refractivity contribution in [3.63, 3.8) is 0 Å². The number of hydrogen-bond donors (Lipinski definition) is 7. The second-order valence-electron chi connectivity index (χ2n) is 7.46. The standard InChI is InChI=1S/C20H30N6O4S/c1-11-4-5-13(31-11)10-15(20(29)30)26-16(27)3-2-7-25-19(28)14(21)9-12-6-8-24-17(12)18(22)23/h4-6,14-15,17,24H,2-3,7-10,21H2,1H3,(H3,22,23)(H,25,28)(H,26,27)(H,29,30). The van der Waals surface area contributed by atoms with Crippen LogP contribution in [0.5, 0.6) is 0 Å². The molecule has 11 heteroatoms. The molecule has 3 atom stereocenters. The molecule has 0 saturated heterocycles. The third kappa shape index (κ3) is 7.78. The first kappa shape index (κ1) is 24.5. The minimum atomic E-state index is -1.08. The van der Waals surface area contributed by atoms with Crippen molar-refractivity contribution in [2.75, 3.05) is 13.1 Å². The largest absolute Gasteiger partial charge is 0.480 e. The quantitative estimate of drug-likeness (QED) is 0.0979. The molecule has 0 radical (unpaired) electrons. The van der Waals surface area contributed by atoms with E-state index in [0.29, 0.717) is 13.0 Å². The van der Waals surface area contributed by atoms with Gasteiger partial charge in [-0.05, 0) is 37.5 Å². The van der Waals surface area contributed by atoms with Gasteiger partial charge in [0.1, 0.15) is 11.9 Å². The Kier molecular flexibility index (Phi) is 9.16. The predicted molar refractivity (Wildman–Crippen MR) is 119 cm³/mol. The van der Waals surface area contributed by atoms with E-state index in [2.05, 4.69) is 16.0 Å². The van der Waals surface area contributed by atoms with Gasteiger partial charge in [0.05, 0.1) is 12.1 Å². The van der Waals surface area contributed by atoms with E-state index in [1.807, 2.05) is 25.1 Å². The van der Waals surface area contributed by atoms with Crippen molar-refractivity contribution in [3.05, 3.63) is 33.5 Å². The highest BCUT2D eigenvalue weighted by Gasteiger charge is 2.25. The lowest BCUT2D eigenvalue weighted by molar-refractivity contribution is -0.141. The van der Waals surface area contributed by atoms with E-state index >= 15 is 0 Å². The summed E-state index contributed by atoms with van der Waals surface area (Å²) in [7, 11) is 0. The van der Waals surface area contributed by atoms with Gasteiger partial charge in [0, 0.05) is 35.7 Å². The van der Waals surface area contributed by atoms with Crippen LogP contribution in [0.15, 0.2) is 23.8 Å².